The third kappa shape index (κ3) is 2.16. The number of hydrogen-bond acceptors (Lipinski definition) is 3. The van der Waals surface area contributed by atoms with E-state index < -0.39 is 5.91 Å². The van der Waals surface area contributed by atoms with Crippen molar-refractivity contribution >= 4 is 5.91 Å². The zero-order valence-corrected chi connectivity index (χ0v) is 7.06. The van der Waals surface area contributed by atoms with Gasteiger partial charge < -0.3 is 16.0 Å². The highest BCUT2D eigenvalue weighted by Crippen LogP contribution is 1.89. The highest BCUT2D eigenvalue weighted by atomic mass is 16.2. The van der Waals surface area contributed by atoms with Crippen LogP contribution in [0.4, 0.5) is 0 Å². The summed E-state index contributed by atoms with van der Waals surface area (Å²) >= 11 is 0. The number of pyridine rings is 1. The van der Waals surface area contributed by atoms with E-state index in [0.717, 1.165) is 0 Å². The number of primary amides is 1. The van der Waals surface area contributed by atoms with Crippen LogP contribution in [0.2, 0.25) is 0 Å². The van der Waals surface area contributed by atoms with Crippen LogP contribution in [0.3, 0.4) is 0 Å². The number of nitrogens with two attached hydrogens (primary N) is 2. The fourth-order valence-electron chi connectivity index (χ4n) is 1.03. The normalized spacial score (nSPS) is 9.92. The molecule has 0 saturated heterocycles. The zero-order valence-electron chi connectivity index (χ0n) is 7.06. The van der Waals surface area contributed by atoms with Gasteiger partial charge in [0, 0.05) is 18.3 Å². The molecule has 0 aliphatic heterocycles. The fraction of sp³-hybridized carbons (Fsp3) is 0.250. The number of nitrogens with zero attached hydrogens (tertiary/aromatic N) is 1. The van der Waals surface area contributed by atoms with Crippen LogP contribution in [0.1, 0.15) is 5.56 Å². The van der Waals surface area contributed by atoms with Gasteiger partial charge in [0.25, 0.3) is 5.56 Å². The van der Waals surface area contributed by atoms with E-state index >= 15 is 0 Å². The van der Waals surface area contributed by atoms with Crippen molar-refractivity contribution in [1.29, 1.82) is 0 Å². The van der Waals surface area contributed by atoms with Crippen molar-refractivity contribution in [2.24, 2.45) is 11.5 Å². The maximum atomic E-state index is 11.4. The minimum Gasteiger partial charge on any atom is -0.368 e. The summed E-state index contributed by atoms with van der Waals surface area (Å²) < 4.78 is 1.24. The van der Waals surface area contributed by atoms with E-state index in [2.05, 4.69) is 0 Å². The molecule has 1 aromatic rings. The number of rotatable bonds is 3. The topological polar surface area (TPSA) is 91.1 Å². The lowest BCUT2D eigenvalue weighted by molar-refractivity contribution is -0.118. The molecule has 0 saturated carbocycles. The molecule has 0 atom stereocenters. The van der Waals surface area contributed by atoms with Crippen molar-refractivity contribution in [3.05, 3.63) is 34.2 Å². The Balaban J connectivity index is 3.09. The number of aromatic nitrogens is 1. The van der Waals surface area contributed by atoms with Crippen molar-refractivity contribution in [2.75, 3.05) is 0 Å². The molecule has 0 spiro atoms. The number of carbonyl (C=O) groups excluding carboxylic acids is 1. The predicted molar refractivity (Wildman–Crippen MR) is 47.8 cm³/mol. The largest absolute Gasteiger partial charge is 0.368 e. The van der Waals surface area contributed by atoms with Crippen LogP contribution < -0.4 is 17.0 Å². The van der Waals surface area contributed by atoms with Crippen LogP contribution in [0.5, 0.6) is 0 Å². The molecule has 13 heavy (non-hydrogen) atoms. The van der Waals surface area contributed by atoms with E-state index in [-0.39, 0.29) is 18.6 Å². The summed E-state index contributed by atoms with van der Waals surface area (Å²) in [6, 6.07) is 3.28. The Morgan fingerprint density at radius 2 is 2.23 bits per heavy atom. The molecule has 0 radical (unpaired) electrons. The van der Waals surface area contributed by atoms with Crippen molar-refractivity contribution in [1.82, 2.24) is 4.57 Å². The average molecular weight is 181 g/mol. The van der Waals surface area contributed by atoms with Crippen LogP contribution in [0.25, 0.3) is 0 Å². The second-order valence-electron chi connectivity index (χ2n) is 2.64. The third-order valence-electron chi connectivity index (χ3n) is 1.65. The predicted octanol–water partition coefficient (Wildman–Crippen LogP) is -1.21. The Labute approximate surface area is 75.0 Å². The summed E-state index contributed by atoms with van der Waals surface area (Å²) in [7, 11) is 0. The molecule has 0 aliphatic carbocycles. The Morgan fingerprint density at radius 3 is 2.77 bits per heavy atom. The number of hydrogen-bond donors (Lipinski definition) is 2. The van der Waals surface area contributed by atoms with E-state index in [0.29, 0.717) is 5.56 Å². The second-order valence-corrected chi connectivity index (χ2v) is 2.64. The Bertz CT molecular complexity index is 370. The summed E-state index contributed by atoms with van der Waals surface area (Å²) in [6.45, 7) is 0.0606. The molecule has 4 N–H and O–H groups in total. The lowest BCUT2D eigenvalue weighted by atomic mass is 10.3. The zero-order chi connectivity index (χ0) is 9.84. The second kappa shape index (κ2) is 3.86. The molecule has 1 aromatic heterocycles. The minimum absolute atomic E-state index is 0.104. The summed E-state index contributed by atoms with van der Waals surface area (Å²) in [5, 5.41) is 0. The SMILES string of the molecule is NCc1cccn(CC(N)=O)c1=O. The summed E-state index contributed by atoms with van der Waals surface area (Å²) in [4.78, 5) is 22.0. The standard InChI is InChI=1S/C8H11N3O2/c9-4-6-2-1-3-11(8(6)13)5-7(10)12/h1-3H,4-5,9H2,(H2,10,12). The van der Waals surface area contributed by atoms with Crippen LogP contribution in [-0.4, -0.2) is 10.5 Å². The highest BCUT2D eigenvalue weighted by molar-refractivity contribution is 5.73. The first-order valence-electron chi connectivity index (χ1n) is 3.82. The van der Waals surface area contributed by atoms with Gasteiger partial charge in [0.05, 0.1) is 0 Å². The van der Waals surface area contributed by atoms with Crippen LogP contribution in [-0.2, 0) is 17.9 Å². The molecule has 1 heterocycles. The van der Waals surface area contributed by atoms with Gasteiger partial charge in [-0.3, -0.25) is 9.59 Å². The van der Waals surface area contributed by atoms with Crippen molar-refractivity contribution < 1.29 is 4.79 Å². The third-order valence-corrected chi connectivity index (χ3v) is 1.65. The van der Waals surface area contributed by atoms with E-state index in [1.807, 2.05) is 0 Å². The Hall–Kier alpha value is -1.62. The highest BCUT2D eigenvalue weighted by Gasteiger charge is 2.02. The molecule has 0 aliphatic rings. The maximum absolute atomic E-state index is 11.4. The van der Waals surface area contributed by atoms with E-state index in [1.54, 1.807) is 12.1 Å². The first kappa shape index (κ1) is 9.47. The fourth-order valence-corrected chi connectivity index (χ4v) is 1.03. The van der Waals surface area contributed by atoms with Gasteiger partial charge in [-0.15, -0.1) is 0 Å². The molecule has 1 rings (SSSR count). The summed E-state index contributed by atoms with van der Waals surface area (Å²) in [5.74, 6) is -0.545. The van der Waals surface area contributed by atoms with Crippen molar-refractivity contribution in [3.63, 3.8) is 0 Å². The van der Waals surface area contributed by atoms with E-state index in [4.69, 9.17) is 11.5 Å². The number of amides is 1. The average Bonchev–Trinajstić information content (AvgIpc) is 2.08. The van der Waals surface area contributed by atoms with Gasteiger partial charge in [0.2, 0.25) is 5.91 Å². The van der Waals surface area contributed by atoms with Crippen LogP contribution in [0.15, 0.2) is 23.1 Å². The lowest BCUT2D eigenvalue weighted by Gasteiger charge is -2.03. The first-order valence-corrected chi connectivity index (χ1v) is 3.82. The number of carbonyl (C=O) groups is 1. The molecule has 0 unspecified atom stereocenters. The maximum Gasteiger partial charge on any atom is 0.255 e. The lowest BCUT2D eigenvalue weighted by Crippen LogP contribution is -2.30. The molecule has 5 heteroatoms. The van der Waals surface area contributed by atoms with Gasteiger partial charge in [0.15, 0.2) is 0 Å². The van der Waals surface area contributed by atoms with Gasteiger partial charge in [-0.1, -0.05) is 6.07 Å². The monoisotopic (exact) mass is 181 g/mol. The first-order chi connectivity index (χ1) is 6.15. The quantitative estimate of drug-likeness (QED) is 0.613. The Morgan fingerprint density at radius 1 is 1.54 bits per heavy atom. The molecule has 0 fully saturated rings. The van der Waals surface area contributed by atoms with Gasteiger partial charge >= 0.3 is 0 Å². The van der Waals surface area contributed by atoms with Gasteiger partial charge in [-0.05, 0) is 6.07 Å². The molecular formula is C8H11N3O2. The van der Waals surface area contributed by atoms with Gasteiger partial charge in [-0.2, -0.15) is 0 Å². The van der Waals surface area contributed by atoms with Gasteiger partial charge in [-0.25, -0.2) is 0 Å². The molecule has 1 amide bonds. The van der Waals surface area contributed by atoms with Crippen molar-refractivity contribution in [2.45, 2.75) is 13.1 Å². The molecule has 0 aromatic carbocycles. The van der Waals surface area contributed by atoms with Crippen LogP contribution >= 0.6 is 0 Å². The molecule has 5 nitrogen and oxygen atoms in total. The van der Waals surface area contributed by atoms with E-state index in [1.165, 1.54) is 10.8 Å². The molecule has 70 valence electrons. The van der Waals surface area contributed by atoms with Gasteiger partial charge in [0.1, 0.15) is 6.54 Å². The van der Waals surface area contributed by atoms with Crippen molar-refractivity contribution in [3.8, 4) is 0 Å². The molecular weight excluding hydrogens is 170 g/mol. The summed E-state index contributed by atoms with van der Waals surface area (Å²) in [6.07, 6.45) is 1.51. The molecule has 0 bridgehead atoms. The minimum atomic E-state index is -0.545. The smallest absolute Gasteiger partial charge is 0.255 e. The summed E-state index contributed by atoms with van der Waals surface area (Å²) in [5.41, 5.74) is 10.5. The van der Waals surface area contributed by atoms with Crippen LogP contribution in [0, 0.1) is 0 Å². The Kier molecular flexibility index (Phi) is 2.81. The van der Waals surface area contributed by atoms with E-state index in [9.17, 15) is 9.59 Å².